The summed E-state index contributed by atoms with van der Waals surface area (Å²) >= 11 is 0. The summed E-state index contributed by atoms with van der Waals surface area (Å²) in [6, 6.07) is 16.7. The molecule has 2 aliphatic heterocycles. The number of likely N-dealkylation sites (N-methyl/N-ethyl adjacent to an activating group) is 2. The van der Waals surface area contributed by atoms with Gasteiger partial charge in [0.2, 0.25) is 11.8 Å². The Kier molecular flexibility index (Phi) is 8.46. The maximum atomic E-state index is 14.0. The van der Waals surface area contributed by atoms with Crippen LogP contribution in [-0.2, 0) is 9.59 Å². The second-order valence-corrected chi connectivity index (χ2v) is 10.8. The lowest BCUT2D eigenvalue weighted by Crippen LogP contribution is -2.48. The van der Waals surface area contributed by atoms with Crippen molar-refractivity contribution in [1.29, 1.82) is 0 Å². The molecule has 3 aromatic carbocycles. The number of nitrogens with zero attached hydrogens (tertiary/aromatic N) is 4. The molecule has 5 rings (SSSR count). The van der Waals surface area contributed by atoms with Crippen molar-refractivity contribution in [3.05, 3.63) is 88.7 Å². The van der Waals surface area contributed by atoms with Crippen molar-refractivity contribution < 1.29 is 18.8 Å². The maximum Gasteiger partial charge on any atom is 0.251 e. The molecule has 0 aliphatic carbocycles. The van der Waals surface area contributed by atoms with E-state index in [0.717, 1.165) is 37.4 Å². The zero-order valence-electron chi connectivity index (χ0n) is 24.3. The van der Waals surface area contributed by atoms with Crippen LogP contribution in [0.3, 0.4) is 0 Å². The number of anilines is 2. The largest absolute Gasteiger partial charge is 0.355 e. The van der Waals surface area contributed by atoms with Gasteiger partial charge in [-0.1, -0.05) is 12.1 Å². The molecule has 3 aromatic rings. The third-order valence-electron chi connectivity index (χ3n) is 7.93. The van der Waals surface area contributed by atoms with Gasteiger partial charge >= 0.3 is 0 Å². The maximum absolute atomic E-state index is 14.0. The lowest BCUT2D eigenvalue weighted by molar-refractivity contribution is -0.120. The standard InChI is InChI=1S/C32H35FN6O3/c1-20-17-21(31(41)34-2)5-11-25(20)30(29-26-12-6-22(33)18-27(26)36-32(29)42)35-23-7-9-24(10-8-23)38(4)28(40)19-39-15-13-37(3)14-16-39/h5-12,17-18,29H,13-16,19H2,1-4H3,(H,34,41)(H,36,42). The normalized spacial score (nSPS) is 17.5. The van der Waals surface area contributed by atoms with E-state index < -0.39 is 11.7 Å². The first-order valence-electron chi connectivity index (χ1n) is 13.9. The van der Waals surface area contributed by atoms with Crippen LogP contribution < -0.4 is 15.5 Å². The number of halogens is 1. The van der Waals surface area contributed by atoms with Gasteiger partial charge < -0.3 is 20.4 Å². The first-order valence-corrected chi connectivity index (χ1v) is 13.9. The van der Waals surface area contributed by atoms with E-state index in [1.165, 1.54) is 12.1 Å². The van der Waals surface area contributed by atoms with E-state index in [4.69, 9.17) is 4.99 Å². The fourth-order valence-electron chi connectivity index (χ4n) is 5.36. The lowest BCUT2D eigenvalue weighted by atomic mass is 9.88. The summed E-state index contributed by atoms with van der Waals surface area (Å²) in [6.45, 7) is 5.83. The van der Waals surface area contributed by atoms with Crippen LogP contribution in [0.5, 0.6) is 0 Å². The molecule has 0 aromatic heterocycles. The summed E-state index contributed by atoms with van der Waals surface area (Å²) in [5, 5.41) is 5.40. The highest BCUT2D eigenvalue weighted by molar-refractivity contribution is 6.24. The lowest BCUT2D eigenvalue weighted by Gasteiger charge is -2.32. The summed E-state index contributed by atoms with van der Waals surface area (Å²) in [6.07, 6.45) is 0. The number of fused-ring (bicyclic) bond motifs is 1. The van der Waals surface area contributed by atoms with Gasteiger partial charge in [-0.25, -0.2) is 4.39 Å². The molecule has 0 spiro atoms. The number of amides is 3. The van der Waals surface area contributed by atoms with Crippen LogP contribution in [0.25, 0.3) is 0 Å². The van der Waals surface area contributed by atoms with Gasteiger partial charge in [-0.3, -0.25) is 24.3 Å². The number of aliphatic imine (C=N–C) groups is 1. The zero-order valence-corrected chi connectivity index (χ0v) is 24.3. The monoisotopic (exact) mass is 570 g/mol. The number of hydrogen-bond acceptors (Lipinski definition) is 6. The number of nitrogens with one attached hydrogen (secondary N) is 2. The van der Waals surface area contributed by atoms with Gasteiger partial charge in [0.15, 0.2) is 0 Å². The van der Waals surface area contributed by atoms with E-state index in [1.54, 1.807) is 43.3 Å². The predicted molar refractivity (Wildman–Crippen MR) is 162 cm³/mol. The molecule has 2 heterocycles. The van der Waals surface area contributed by atoms with Crippen molar-refractivity contribution >= 4 is 40.5 Å². The fourth-order valence-corrected chi connectivity index (χ4v) is 5.36. The molecule has 1 unspecified atom stereocenters. The minimum Gasteiger partial charge on any atom is -0.355 e. The molecule has 42 heavy (non-hydrogen) atoms. The average Bonchev–Trinajstić information content (AvgIpc) is 3.31. The molecule has 1 saturated heterocycles. The Morgan fingerprint density at radius 2 is 1.76 bits per heavy atom. The van der Waals surface area contributed by atoms with Gasteiger partial charge in [0.25, 0.3) is 5.91 Å². The summed E-state index contributed by atoms with van der Waals surface area (Å²) in [5.41, 5.74) is 4.80. The smallest absolute Gasteiger partial charge is 0.251 e. The van der Waals surface area contributed by atoms with E-state index in [-0.39, 0.29) is 17.7 Å². The number of carbonyl (C=O) groups is 3. The molecule has 0 radical (unpaired) electrons. The fraction of sp³-hybridized carbons (Fsp3) is 0.312. The number of benzene rings is 3. The zero-order chi connectivity index (χ0) is 30.0. The Morgan fingerprint density at radius 1 is 1.05 bits per heavy atom. The van der Waals surface area contributed by atoms with E-state index in [9.17, 15) is 18.8 Å². The molecule has 10 heteroatoms. The number of piperazine rings is 1. The third-order valence-corrected chi connectivity index (χ3v) is 7.93. The highest BCUT2D eigenvalue weighted by Gasteiger charge is 2.36. The van der Waals surface area contributed by atoms with Crippen molar-refractivity contribution in [3.63, 3.8) is 0 Å². The van der Waals surface area contributed by atoms with Crippen molar-refractivity contribution in [2.24, 2.45) is 4.99 Å². The number of rotatable bonds is 7. The Balaban J connectivity index is 1.46. The van der Waals surface area contributed by atoms with Crippen LogP contribution in [0.15, 0.2) is 65.7 Å². The van der Waals surface area contributed by atoms with Crippen LogP contribution >= 0.6 is 0 Å². The van der Waals surface area contributed by atoms with E-state index >= 15 is 0 Å². The highest BCUT2D eigenvalue weighted by Crippen LogP contribution is 2.37. The van der Waals surface area contributed by atoms with Crippen LogP contribution in [0.1, 0.15) is 33.0 Å². The minimum atomic E-state index is -0.780. The highest BCUT2D eigenvalue weighted by atomic mass is 19.1. The van der Waals surface area contributed by atoms with Gasteiger partial charge in [-0.2, -0.15) is 0 Å². The first-order chi connectivity index (χ1) is 20.1. The Hall–Kier alpha value is -4.41. The summed E-state index contributed by atoms with van der Waals surface area (Å²) in [5.74, 6) is -1.74. The second-order valence-electron chi connectivity index (χ2n) is 10.8. The molecule has 3 amide bonds. The van der Waals surface area contributed by atoms with Crippen LogP contribution in [-0.4, -0.2) is 87.1 Å². The summed E-state index contributed by atoms with van der Waals surface area (Å²) in [4.78, 5) is 49.4. The third kappa shape index (κ3) is 6.09. The van der Waals surface area contributed by atoms with Gasteiger partial charge in [0.1, 0.15) is 11.7 Å². The molecule has 2 N–H and O–H groups in total. The number of carbonyl (C=O) groups excluding carboxylic acids is 3. The topological polar surface area (TPSA) is 97.3 Å². The Morgan fingerprint density at radius 3 is 2.43 bits per heavy atom. The van der Waals surface area contributed by atoms with Crippen molar-refractivity contribution in [1.82, 2.24) is 15.1 Å². The van der Waals surface area contributed by atoms with Gasteiger partial charge in [-0.15, -0.1) is 0 Å². The molecular formula is C32H35FN6O3. The molecule has 1 atom stereocenters. The van der Waals surface area contributed by atoms with E-state index in [2.05, 4.69) is 27.5 Å². The number of aryl methyl sites for hydroxylation is 1. The van der Waals surface area contributed by atoms with Crippen molar-refractivity contribution in [2.75, 3.05) is 64.1 Å². The second kappa shape index (κ2) is 12.2. The number of hydrogen-bond donors (Lipinski definition) is 2. The molecule has 218 valence electrons. The van der Waals surface area contributed by atoms with Crippen LogP contribution in [0.2, 0.25) is 0 Å². The molecule has 1 fully saturated rings. The van der Waals surface area contributed by atoms with Crippen molar-refractivity contribution in [3.8, 4) is 0 Å². The van der Waals surface area contributed by atoms with Crippen LogP contribution in [0.4, 0.5) is 21.5 Å². The quantitative estimate of drug-likeness (QED) is 0.424. The first kappa shape index (κ1) is 29.1. The Labute approximate surface area is 245 Å². The molecule has 2 aliphatic rings. The summed E-state index contributed by atoms with van der Waals surface area (Å²) < 4.78 is 14.0. The SMILES string of the molecule is CNC(=O)c1ccc(C(=Nc2ccc(N(C)C(=O)CN3CCN(C)CC3)cc2)C2C(=O)Nc3cc(F)ccc32)c(C)c1. The van der Waals surface area contributed by atoms with Crippen LogP contribution in [0, 0.1) is 12.7 Å². The molecular weight excluding hydrogens is 535 g/mol. The average molecular weight is 571 g/mol. The van der Waals surface area contributed by atoms with E-state index in [1.807, 2.05) is 31.2 Å². The minimum absolute atomic E-state index is 0.00906. The predicted octanol–water partition coefficient (Wildman–Crippen LogP) is 3.56. The van der Waals surface area contributed by atoms with Crippen molar-refractivity contribution in [2.45, 2.75) is 12.8 Å². The molecule has 9 nitrogen and oxygen atoms in total. The van der Waals surface area contributed by atoms with E-state index in [0.29, 0.717) is 40.3 Å². The van der Waals surface area contributed by atoms with Gasteiger partial charge in [0, 0.05) is 62.8 Å². The molecule has 0 bridgehead atoms. The van der Waals surface area contributed by atoms with Gasteiger partial charge in [-0.05, 0) is 73.6 Å². The van der Waals surface area contributed by atoms with Gasteiger partial charge in [0.05, 0.1) is 17.9 Å². The molecule has 0 saturated carbocycles. The summed E-state index contributed by atoms with van der Waals surface area (Å²) in [7, 11) is 5.41. The Bertz CT molecular complexity index is 1550.